The fourth-order valence-corrected chi connectivity index (χ4v) is 2.44. The van der Waals surface area contributed by atoms with Crippen molar-refractivity contribution in [3.63, 3.8) is 0 Å². The molecule has 8 heteroatoms. The van der Waals surface area contributed by atoms with Gasteiger partial charge < -0.3 is 15.2 Å². The van der Waals surface area contributed by atoms with E-state index in [4.69, 9.17) is 0 Å². The minimum atomic E-state index is -0.389. The Morgan fingerprint density at radius 2 is 2.12 bits per heavy atom. The number of carbonyl (C=O) groups excluding carboxylic acids is 1. The maximum Gasteiger partial charge on any atom is 0.226 e. The zero-order valence-electron chi connectivity index (χ0n) is 14.0. The van der Waals surface area contributed by atoms with Crippen molar-refractivity contribution in [3.05, 3.63) is 42.7 Å². The molecule has 2 aromatic heterocycles. The Kier molecular flexibility index (Phi) is 4.87. The van der Waals surface area contributed by atoms with Crippen molar-refractivity contribution < 1.29 is 9.18 Å². The van der Waals surface area contributed by atoms with E-state index in [0.29, 0.717) is 29.2 Å². The Morgan fingerprint density at radius 3 is 2.88 bits per heavy atom. The molecule has 3 rings (SSSR count). The Labute approximate surface area is 144 Å². The zero-order valence-corrected chi connectivity index (χ0v) is 14.0. The summed E-state index contributed by atoms with van der Waals surface area (Å²) in [5, 5.41) is 5.90. The second kappa shape index (κ2) is 7.25. The molecule has 0 spiro atoms. The van der Waals surface area contributed by atoms with Crippen molar-refractivity contribution in [2.45, 2.75) is 32.9 Å². The van der Waals surface area contributed by atoms with E-state index in [-0.39, 0.29) is 24.2 Å². The van der Waals surface area contributed by atoms with Crippen LogP contribution in [0.1, 0.15) is 20.3 Å². The maximum absolute atomic E-state index is 13.1. The first-order chi connectivity index (χ1) is 12.0. The van der Waals surface area contributed by atoms with E-state index in [0.717, 1.165) is 0 Å². The molecule has 0 unspecified atom stereocenters. The number of anilines is 2. The molecule has 0 aliphatic heterocycles. The van der Waals surface area contributed by atoms with E-state index in [1.54, 1.807) is 23.0 Å². The predicted molar refractivity (Wildman–Crippen MR) is 93.7 cm³/mol. The van der Waals surface area contributed by atoms with Crippen LogP contribution < -0.4 is 10.6 Å². The summed E-state index contributed by atoms with van der Waals surface area (Å²) in [5.41, 5.74) is 1.77. The Bertz CT molecular complexity index is 892. The van der Waals surface area contributed by atoms with Gasteiger partial charge in [-0.1, -0.05) is 6.07 Å². The molecular formula is C17H19FN6O. The first kappa shape index (κ1) is 16.8. The highest BCUT2D eigenvalue weighted by molar-refractivity contribution is 5.90. The third-order valence-corrected chi connectivity index (χ3v) is 3.51. The quantitative estimate of drug-likeness (QED) is 0.719. The molecule has 0 atom stereocenters. The van der Waals surface area contributed by atoms with Gasteiger partial charge in [0.25, 0.3) is 0 Å². The number of aromatic nitrogens is 4. The standard InChI is InChI=1S/C17H19FN6O/c1-11(2)22-16-15-17(20-9-19-16)24(10-21-15)7-6-14(25)23-13-5-3-4-12(18)8-13/h3-5,8-11H,6-7H2,1-2H3,(H,23,25)(H,19,20,22). The molecule has 1 aromatic carbocycles. The number of aryl methyl sites for hydroxylation is 1. The van der Waals surface area contributed by atoms with E-state index in [1.807, 2.05) is 13.8 Å². The first-order valence-corrected chi connectivity index (χ1v) is 8.00. The van der Waals surface area contributed by atoms with Crippen molar-refractivity contribution in [1.82, 2.24) is 19.5 Å². The molecule has 0 saturated carbocycles. The van der Waals surface area contributed by atoms with Gasteiger partial charge in [-0.05, 0) is 32.0 Å². The molecule has 25 heavy (non-hydrogen) atoms. The number of fused-ring (bicyclic) bond motifs is 1. The lowest BCUT2D eigenvalue weighted by atomic mass is 10.3. The molecule has 7 nitrogen and oxygen atoms in total. The Balaban J connectivity index is 1.68. The summed E-state index contributed by atoms with van der Waals surface area (Å²) < 4.78 is 14.9. The number of rotatable bonds is 6. The van der Waals surface area contributed by atoms with Crippen LogP contribution in [0.15, 0.2) is 36.9 Å². The normalized spacial score (nSPS) is 11.0. The molecule has 3 aromatic rings. The van der Waals surface area contributed by atoms with Gasteiger partial charge in [-0.3, -0.25) is 4.79 Å². The average Bonchev–Trinajstić information content (AvgIpc) is 2.97. The maximum atomic E-state index is 13.1. The third-order valence-electron chi connectivity index (χ3n) is 3.51. The van der Waals surface area contributed by atoms with Crippen LogP contribution in [0.2, 0.25) is 0 Å². The molecule has 1 amide bonds. The number of imidazole rings is 1. The summed E-state index contributed by atoms with van der Waals surface area (Å²) in [7, 11) is 0. The molecule has 0 aliphatic rings. The van der Waals surface area contributed by atoms with Crippen molar-refractivity contribution in [1.29, 1.82) is 0 Å². The summed E-state index contributed by atoms with van der Waals surface area (Å²) >= 11 is 0. The van der Waals surface area contributed by atoms with Crippen LogP contribution in [0.4, 0.5) is 15.9 Å². The van der Waals surface area contributed by atoms with Gasteiger partial charge in [-0.25, -0.2) is 19.3 Å². The summed E-state index contributed by atoms with van der Waals surface area (Å²) in [6, 6.07) is 6.02. The van der Waals surface area contributed by atoms with Gasteiger partial charge in [0, 0.05) is 24.7 Å². The largest absolute Gasteiger partial charge is 0.366 e. The first-order valence-electron chi connectivity index (χ1n) is 8.00. The highest BCUT2D eigenvalue weighted by atomic mass is 19.1. The smallest absolute Gasteiger partial charge is 0.226 e. The molecular weight excluding hydrogens is 323 g/mol. The second-order valence-corrected chi connectivity index (χ2v) is 5.94. The number of amides is 1. The fraction of sp³-hybridized carbons (Fsp3) is 0.294. The van der Waals surface area contributed by atoms with E-state index < -0.39 is 0 Å². The number of benzene rings is 1. The summed E-state index contributed by atoms with van der Waals surface area (Å²) in [4.78, 5) is 24.9. The minimum absolute atomic E-state index is 0.206. The van der Waals surface area contributed by atoms with Gasteiger partial charge in [-0.2, -0.15) is 0 Å². The number of nitrogens with zero attached hydrogens (tertiary/aromatic N) is 4. The highest BCUT2D eigenvalue weighted by Gasteiger charge is 2.12. The van der Waals surface area contributed by atoms with E-state index in [1.165, 1.54) is 18.5 Å². The monoisotopic (exact) mass is 342 g/mol. The van der Waals surface area contributed by atoms with E-state index in [9.17, 15) is 9.18 Å². The van der Waals surface area contributed by atoms with Crippen LogP contribution in [0, 0.1) is 5.82 Å². The number of halogens is 1. The van der Waals surface area contributed by atoms with Crippen molar-refractivity contribution in [2.24, 2.45) is 0 Å². The molecule has 0 bridgehead atoms. The number of carbonyl (C=O) groups is 1. The van der Waals surface area contributed by atoms with Crippen LogP contribution >= 0.6 is 0 Å². The van der Waals surface area contributed by atoms with E-state index in [2.05, 4.69) is 25.6 Å². The third kappa shape index (κ3) is 4.09. The topological polar surface area (TPSA) is 84.7 Å². The SMILES string of the molecule is CC(C)Nc1ncnc2c1ncn2CCC(=O)Nc1cccc(F)c1. The molecule has 2 heterocycles. The molecule has 0 saturated heterocycles. The predicted octanol–water partition coefficient (Wildman–Crippen LogP) is 2.81. The van der Waals surface area contributed by atoms with Crippen LogP contribution in [0.25, 0.3) is 11.2 Å². The number of hydrogen-bond donors (Lipinski definition) is 2. The fourth-order valence-electron chi connectivity index (χ4n) is 2.44. The van der Waals surface area contributed by atoms with Gasteiger partial charge in [0.05, 0.1) is 6.33 Å². The summed E-state index contributed by atoms with van der Waals surface area (Å²) in [6.45, 7) is 4.44. The average molecular weight is 342 g/mol. The Hall–Kier alpha value is -3.03. The number of nitrogens with one attached hydrogen (secondary N) is 2. The lowest BCUT2D eigenvalue weighted by molar-refractivity contribution is -0.116. The minimum Gasteiger partial charge on any atom is -0.366 e. The molecule has 0 fully saturated rings. The Morgan fingerprint density at radius 1 is 1.28 bits per heavy atom. The molecule has 0 radical (unpaired) electrons. The van der Waals surface area contributed by atoms with Gasteiger partial charge >= 0.3 is 0 Å². The lowest BCUT2D eigenvalue weighted by Gasteiger charge is -2.09. The van der Waals surface area contributed by atoms with Crippen LogP contribution in [-0.2, 0) is 11.3 Å². The van der Waals surface area contributed by atoms with Crippen LogP contribution in [0.5, 0.6) is 0 Å². The van der Waals surface area contributed by atoms with Crippen LogP contribution in [-0.4, -0.2) is 31.5 Å². The van der Waals surface area contributed by atoms with Crippen LogP contribution in [0.3, 0.4) is 0 Å². The zero-order chi connectivity index (χ0) is 17.8. The van der Waals surface area contributed by atoms with Crippen molar-refractivity contribution in [3.8, 4) is 0 Å². The molecule has 2 N–H and O–H groups in total. The summed E-state index contributed by atoms with van der Waals surface area (Å²) in [6.07, 6.45) is 3.33. The van der Waals surface area contributed by atoms with Gasteiger partial charge in [0.2, 0.25) is 5.91 Å². The van der Waals surface area contributed by atoms with E-state index >= 15 is 0 Å². The van der Waals surface area contributed by atoms with Gasteiger partial charge in [0.15, 0.2) is 11.5 Å². The van der Waals surface area contributed by atoms with Crippen molar-refractivity contribution >= 4 is 28.6 Å². The molecule has 0 aliphatic carbocycles. The second-order valence-electron chi connectivity index (χ2n) is 5.94. The highest BCUT2D eigenvalue weighted by Crippen LogP contribution is 2.18. The van der Waals surface area contributed by atoms with Gasteiger partial charge in [-0.15, -0.1) is 0 Å². The van der Waals surface area contributed by atoms with Crippen molar-refractivity contribution in [2.75, 3.05) is 10.6 Å². The lowest BCUT2D eigenvalue weighted by Crippen LogP contribution is -2.14. The summed E-state index contributed by atoms with van der Waals surface area (Å²) in [5.74, 6) is 0.0743. The number of hydrogen-bond acceptors (Lipinski definition) is 5. The molecule has 130 valence electrons. The van der Waals surface area contributed by atoms with Gasteiger partial charge in [0.1, 0.15) is 17.7 Å².